The molecule has 0 bridgehead atoms. The lowest BCUT2D eigenvalue weighted by Crippen LogP contribution is -2.31. The van der Waals surface area contributed by atoms with Gasteiger partial charge in [-0.1, -0.05) is 12.1 Å². The Hall–Kier alpha value is -3.16. The quantitative estimate of drug-likeness (QED) is 0.855. The first-order chi connectivity index (χ1) is 11.2. The van der Waals surface area contributed by atoms with Crippen LogP contribution in [-0.2, 0) is 6.18 Å². The van der Waals surface area contributed by atoms with Crippen molar-refractivity contribution in [3.63, 3.8) is 0 Å². The molecule has 5 nitrogen and oxygen atoms in total. The summed E-state index contributed by atoms with van der Waals surface area (Å²) in [4.78, 5) is 36.1. The van der Waals surface area contributed by atoms with Crippen LogP contribution in [-0.4, -0.2) is 22.9 Å². The van der Waals surface area contributed by atoms with Gasteiger partial charge in [-0.2, -0.15) is 13.2 Å². The molecule has 0 atom stereocenters. The van der Waals surface area contributed by atoms with Crippen molar-refractivity contribution in [2.75, 3.05) is 4.90 Å². The second-order valence-electron chi connectivity index (χ2n) is 5.03. The Morgan fingerprint density at radius 1 is 0.958 bits per heavy atom. The molecule has 0 saturated heterocycles. The van der Waals surface area contributed by atoms with E-state index in [1.54, 1.807) is 0 Å². The van der Waals surface area contributed by atoms with Crippen LogP contribution in [0.1, 0.15) is 36.6 Å². The summed E-state index contributed by atoms with van der Waals surface area (Å²) in [6.45, 7) is 0. The maximum atomic E-state index is 13.1. The van der Waals surface area contributed by atoms with E-state index in [1.165, 1.54) is 6.07 Å². The van der Waals surface area contributed by atoms with Gasteiger partial charge in [0.05, 0.1) is 27.9 Å². The number of nitrogens with zero attached hydrogens (tertiary/aromatic N) is 1. The summed E-state index contributed by atoms with van der Waals surface area (Å²) in [5.74, 6) is -3.23. The number of carbonyl (C=O) groups is 3. The van der Waals surface area contributed by atoms with E-state index in [9.17, 15) is 27.6 Å². The topological polar surface area (TPSA) is 74.7 Å². The van der Waals surface area contributed by atoms with Crippen molar-refractivity contribution >= 4 is 23.5 Å². The third-order valence-electron chi connectivity index (χ3n) is 3.58. The van der Waals surface area contributed by atoms with Crippen molar-refractivity contribution < 1.29 is 32.7 Å². The van der Waals surface area contributed by atoms with Gasteiger partial charge in [-0.15, -0.1) is 0 Å². The number of rotatable bonds is 2. The maximum absolute atomic E-state index is 13.1. The summed E-state index contributed by atoms with van der Waals surface area (Å²) in [5.41, 5.74) is -2.33. The molecule has 3 rings (SSSR count). The summed E-state index contributed by atoms with van der Waals surface area (Å²) in [7, 11) is 0. The first-order valence-electron chi connectivity index (χ1n) is 6.64. The summed E-state index contributed by atoms with van der Waals surface area (Å²) < 4.78 is 39.4. The number of carboxylic acid groups (broad SMARTS) is 1. The van der Waals surface area contributed by atoms with Gasteiger partial charge in [0.25, 0.3) is 11.8 Å². The monoisotopic (exact) mass is 335 g/mol. The van der Waals surface area contributed by atoms with Gasteiger partial charge < -0.3 is 5.11 Å². The van der Waals surface area contributed by atoms with E-state index in [0.717, 1.165) is 36.4 Å². The number of para-hydroxylation sites is 1. The molecule has 2 aromatic rings. The first kappa shape index (κ1) is 15.7. The Bertz CT molecular complexity index is 889. The highest BCUT2D eigenvalue weighted by Crippen LogP contribution is 2.39. The maximum Gasteiger partial charge on any atom is 0.418 e. The smallest absolute Gasteiger partial charge is 0.418 e. The predicted octanol–water partition coefficient (Wildman–Crippen LogP) is 3.20. The lowest BCUT2D eigenvalue weighted by atomic mass is 10.1. The van der Waals surface area contributed by atoms with Crippen LogP contribution >= 0.6 is 0 Å². The summed E-state index contributed by atoms with van der Waals surface area (Å²) >= 11 is 0. The average molecular weight is 335 g/mol. The minimum absolute atomic E-state index is 0.137. The number of amides is 2. The standard InChI is InChI=1S/C16H8F3NO4/c17-16(18,19)11-3-1-2-4-12(11)20-13(21)9-6-5-8(15(23)24)7-10(9)14(20)22/h1-7H,(H,23,24). The fraction of sp³-hybridized carbons (Fsp3) is 0.0625. The van der Waals surface area contributed by atoms with E-state index in [1.807, 2.05) is 0 Å². The number of hydrogen-bond acceptors (Lipinski definition) is 3. The van der Waals surface area contributed by atoms with Gasteiger partial charge in [0.2, 0.25) is 0 Å². The second-order valence-corrected chi connectivity index (χ2v) is 5.03. The molecular formula is C16H8F3NO4. The summed E-state index contributed by atoms with van der Waals surface area (Å²) in [6, 6.07) is 7.42. The van der Waals surface area contributed by atoms with E-state index in [4.69, 9.17) is 5.11 Å². The van der Waals surface area contributed by atoms with Gasteiger partial charge in [0, 0.05) is 0 Å². The largest absolute Gasteiger partial charge is 0.478 e. The second kappa shape index (κ2) is 5.19. The highest BCUT2D eigenvalue weighted by molar-refractivity contribution is 6.35. The van der Waals surface area contributed by atoms with Crippen molar-refractivity contribution in [3.05, 3.63) is 64.7 Å². The Balaban J connectivity index is 2.15. The van der Waals surface area contributed by atoms with Crippen molar-refractivity contribution in [1.29, 1.82) is 0 Å². The van der Waals surface area contributed by atoms with Gasteiger partial charge in [-0.3, -0.25) is 9.59 Å². The molecule has 0 fully saturated rings. The average Bonchev–Trinajstić information content (AvgIpc) is 2.77. The number of imide groups is 1. The molecule has 0 aliphatic carbocycles. The number of carboxylic acids is 1. The van der Waals surface area contributed by atoms with Crippen LogP contribution in [0, 0.1) is 0 Å². The lowest BCUT2D eigenvalue weighted by molar-refractivity contribution is -0.137. The number of halogens is 3. The number of anilines is 1. The molecule has 1 N–H and O–H groups in total. The van der Waals surface area contributed by atoms with Crippen LogP contribution in [0.15, 0.2) is 42.5 Å². The van der Waals surface area contributed by atoms with Crippen molar-refractivity contribution in [2.24, 2.45) is 0 Å². The van der Waals surface area contributed by atoms with Crippen LogP contribution < -0.4 is 4.90 Å². The van der Waals surface area contributed by atoms with Crippen LogP contribution in [0.4, 0.5) is 18.9 Å². The predicted molar refractivity (Wildman–Crippen MR) is 76.0 cm³/mol. The van der Waals surface area contributed by atoms with E-state index < -0.39 is 35.2 Å². The van der Waals surface area contributed by atoms with E-state index in [0.29, 0.717) is 4.90 Å². The van der Waals surface area contributed by atoms with Crippen molar-refractivity contribution in [2.45, 2.75) is 6.18 Å². The zero-order valence-electron chi connectivity index (χ0n) is 11.8. The van der Waals surface area contributed by atoms with Crippen LogP contribution in [0.3, 0.4) is 0 Å². The van der Waals surface area contributed by atoms with Crippen molar-refractivity contribution in [1.82, 2.24) is 0 Å². The molecule has 2 amide bonds. The molecule has 1 aliphatic heterocycles. The highest BCUT2D eigenvalue weighted by Gasteiger charge is 2.42. The first-order valence-corrected chi connectivity index (χ1v) is 6.64. The number of benzene rings is 2. The zero-order valence-corrected chi connectivity index (χ0v) is 11.8. The fourth-order valence-corrected chi connectivity index (χ4v) is 2.50. The molecule has 1 heterocycles. The highest BCUT2D eigenvalue weighted by atomic mass is 19.4. The number of alkyl halides is 3. The van der Waals surface area contributed by atoms with Gasteiger partial charge >= 0.3 is 12.1 Å². The zero-order chi connectivity index (χ0) is 17.6. The molecule has 0 spiro atoms. The summed E-state index contributed by atoms with van der Waals surface area (Å²) in [6.07, 6.45) is -4.75. The molecule has 0 unspecified atom stereocenters. The third kappa shape index (κ3) is 2.32. The van der Waals surface area contributed by atoms with Gasteiger partial charge in [-0.25, -0.2) is 9.69 Å². The molecule has 122 valence electrons. The van der Waals surface area contributed by atoms with Crippen molar-refractivity contribution in [3.8, 4) is 0 Å². The number of hydrogen-bond donors (Lipinski definition) is 1. The van der Waals surface area contributed by atoms with Gasteiger partial charge in [0.15, 0.2) is 0 Å². The Morgan fingerprint density at radius 3 is 2.21 bits per heavy atom. The van der Waals surface area contributed by atoms with E-state index in [2.05, 4.69) is 0 Å². The van der Waals surface area contributed by atoms with Crippen LogP contribution in [0.25, 0.3) is 0 Å². The molecule has 0 aromatic heterocycles. The molecule has 0 radical (unpaired) electrons. The SMILES string of the molecule is O=C(O)c1ccc2c(c1)C(=O)N(c1ccccc1C(F)(F)F)C2=O. The van der Waals surface area contributed by atoms with E-state index >= 15 is 0 Å². The minimum atomic E-state index is -4.75. The molecule has 8 heteroatoms. The minimum Gasteiger partial charge on any atom is -0.478 e. The summed E-state index contributed by atoms with van der Waals surface area (Å²) in [5, 5.41) is 8.94. The van der Waals surface area contributed by atoms with E-state index in [-0.39, 0.29) is 16.7 Å². The molecule has 0 saturated carbocycles. The normalized spacial score (nSPS) is 14.0. The van der Waals surface area contributed by atoms with Crippen LogP contribution in [0.5, 0.6) is 0 Å². The fourth-order valence-electron chi connectivity index (χ4n) is 2.50. The molecule has 24 heavy (non-hydrogen) atoms. The molecule has 2 aromatic carbocycles. The number of fused-ring (bicyclic) bond motifs is 1. The van der Waals surface area contributed by atoms with Gasteiger partial charge in [0.1, 0.15) is 0 Å². The number of carbonyl (C=O) groups excluding carboxylic acids is 2. The Labute approximate surface area is 132 Å². The molecular weight excluding hydrogens is 327 g/mol. The van der Waals surface area contributed by atoms with Gasteiger partial charge in [-0.05, 0) is 30.3 Å². The number of aromatic carboxylic acids is 1. The Kier molecular flexibility index (Phi) is 3.40. The molecule has 1 aliphatic rings. The third-order valence-corrected chi connectivity index (χ3v) is 3.58. The lowest BCUT2D eigenvalue weighted by Gasteiger charge is -2.19. The van der Waals surface area contributed by atoms with Crippen LogP contribution in [0.2, 0.25) is 0 Å². The Morgan fingerprint density at radius 2 is 1.58 bits per heavy atom.